The van der Waals surface area contributed by atoms with Gasteiger partial charge < -0.3 is 40.9 Å². The van der Waals surface area contributed by atoms with Gasteiger partial charge in [0.05, 0.1) is 21.5 Å². The Hall–Kier alpha value is -3.51. The summed E-state index contributed by atoms with van der Waals surface area (Å²) in [6.07, 6.45) is 0. The summed E-state index contributed by atoms with van der Waals surface area (Å²) in [6.45, 7) is 0. The SMILES string of the molecule is O=S(=O)(O)c1c(O)c(O)c2c(O)c3c(O)cc(O)c(O)c3c(O)c2c1O. The van der Waals surface area contributed by atoms with Crippen molar-refractivity contribution in [1.29, 1.82) is 0 Å². The molecule has 12 heteroatoms. The molecule has 3 aromatic carbocycles. The van der Waals surface area contributed by atoms with E-state index in [0.717, 1.165) is 0 Å². The van der Waals surface area contributed by atoms with Gasteiger partial charge in [0.1, 0.15) is 17.2 Å². The number of rotatable bonds is 1. The van der Waals surface area contributed by atoms with Crippen LogP contribution in [0, 0.1) is 0 Å². The van der Waals surface area contributed by atoms with Crippen LogP contribution >= 0.6 is 0 Å². The monoisotopic (exact) mass is 386 g/mol. The van der Waals surface area contributed by atoms with E-state index in [1.165, 1.54) is 0 Å². The molecule has 0 heterocycles. The van der Waals surface area contributed by atoms with E-state index in [1.807, 2.05) is 0 Å². The normalized spacial score (nSPS) is 12.0. The van der Waals surface area contributed by atoms with Crippen LogP contribution in [0.2, 0.25) is 0 Å². The Kier molecular flexibility index (Phi) is 3.33. The van der Waals surface area contributed by atoms with E-state index in [1.54, 1.807) is 0 Å². The fraction of sp³-hybridized carbons (Fsp3) is 0. The molecule has 0 bridgehead atoms. The maximum Gasteiger partial charge on any atom is 0.302 e. The van der Waals surface area contributed by atoms with Crippen LogP contribution in [0.4, 0.5) is 0 Å². The number of aromatic hydroxyl groups is 8. The molecule has 0 aliphatic carbocycles. The van der Waals surface area contributed by atoms with Gasteiger partial charge >= 0.3 is 10.1 Å². The largest absolute Gasteiger partial charge is 0.507 e. The highest BCUT2D eigenvalue weighted by molar-refractivity contribution is 7.86. The van der Waals surface area contributed by atoms with Crippen molar-refractivity contribution in [1.82, 2.24) is 0 Å². The summed E-state index contributed by atoms with van der Waals surface area (Å²) in [5.74, 6) is -9.44. The molecular formula is C14H10O11S. The van der Waals surface area contributed by atoms with Gasteiger partial charge in [0, 0.05) is 6.07 Å². The van der Waals surface area contributed by atoms with E-state index < -0.39 is 82.6 Å². The Bertz CT molecular complexity index is 1230. The van der Waals surface area contributed by atoms with Gasteiger partial charge in [0.15, 0.2) is 33.6 Å². The first-order chi connectivity index (χ1) is 11.9. The highest BCUT2D eigenvalue weighted by Gasteiger charge is 2.33. The molecular weight excluding hydrogens is 376 g/mol. The average molecular weight is 386 g/mol. The Morgan fingerprint density at radius 1 is 0.538 bits per heavy atom. The van der Waals surface area contributed by atoms with Gasteiger partial charge in [-0.05, 0) is 0 Å². The topological polar surface area (TPSA) is 216 Å². The van der Waals surface area contributed by atoms with Crippen molar-refractivity contribution in [2.24, 2.45) is 0 Å². The van der Waals surface area contributed by atoms with Crippen LogP contribution in [0.25, 0.3) is 21.5 Å². The van der Waals surface area contributed by atoms with Crippen molar-refractivity contribution in [3.8, 4) is 46.0 Å². The molecule has 11 nitrogen and oxygen atoms in total. The third-order valence-corrected chi connectivity index (χ3v) is 4.74. The van der Waals surface area contributed by atoms with Crippen molar-refractivity contribution in [2.75, 3.05) is 0 Å². The third-order valence-electron chi connectivity index (χ3n) is 3.84. The summed E-state index contributed by atoms with van der Waals surface area (Å²) in [7, 11) is -5.30. The molecule has 138 valence electrons. The molecule has 9 N–H and O–H groups in total. The molecule has 0 atom stereocenters. The first-order valence-electron chi connectivity index (χ1n) is 6.59. The number of benzene rings is 3. The van der Waals surface area contributed by atoms with Crippen LogP contribution in [0.15, 0.2) is 11.0 Å². The van der Waals surface area contributed by atoms with Gasteiger partial charge in [0.2, 0.25) is 0 Å². The second-order valence-corrected chi connectivity index (χ2v) is 6.67. The molecule has 0 saturated carbocycles. The lowest BCUT2D eigenvalue weighted by Gasteiger charge is -2.17. The van der Waals surface area contributed by atoms with Crippen LogP contribution in [-0.2, 0) is 10.1 Å². The van der Waals surface area contributed by atoms with Crippen molar-refractivity contribution in [3.63, 3.8) is 0 Å². The second-order valence-electron chi connectivity index (χ2n) is 5.31. The van der Waals surface area contributed by atoms with Crippen molar-refractivity contribution in [3.05, 3.63) is 6.07 Å². The van der Waals surface area contributed by atoms with E-state index >= 15 is 0 Å². The van der Waals surface area contributed by atoms with Crippen molar-refractivity contribution < 1.29 is 53.8 Å². The minimum absolute atomic E-state index is 0.603. The maximum atomic E-state index is 11.4. The highest BCUT2D eigenvalue weighted by atomic mass is 32.2. The fourth-order valence-electron chi connectivity index (χ4n) is 2.76. The van der Waals surface area contributed by atoms with Crippen molar-refractivity contribution in [2.45, 2.75) is 4.90 Å². The zero-order valence-corrected chi connectivity index (χ0v) is 13.1. The molecule has 3 rings (SSSR count). The zero-order valence-electron chi connectivity index (χ0n) is 12.3. The lowest BCUT2D eigenvalue weighted by atomic mass is 9.97. The van der Waals surface area contributed by atoms with Gasteiger partial charge in [-0.25, -0.2) is 0 Å². The molecule has 3 aromatic rings. The van der Waals surface area contributed by atoms with Gasteiger partial charge in [-0.15, -0.1) is 0 Å². The average Bonchev–Trinajstić information content (AvgIpc) is 2.50. The molecule has 0 aliphatic rings. The quantitative estimate of drug-likeness (QED) is 0.124. The Morgan fingerprint density at radius 3 is 1.54 bits per heavy atom. The van der Waals surface area contributed by atoms with E-state index in [4.69, 9.17) is 4.55 Å². The van der Waals surface area contributed by atoms with Gasteiger partial charge in [0.25, 0.3) is 0 Å². The van der Waals surface area contributed by atoms with Gasteiger partial charge in [-0.2, -0.15) is 8.42 Å². The van der Waals surface area contributed by atoms with E-state index in [0.29, 0.717) is 6.07 Å². The number of phenols is 8. The Balaban J connectivity index is 2.81. The lowest BCUT2D eigenvalue weighted by molar-refractivity contribution is 0.376. The molecule has 0 radical (unpaired) electrons. The molecule has 0 fully saturated rings. The summed E-state index contributed by atoms with van der Waals surface area (Å²) in [4.78, 5) is -1.57. The van der Waals surface area contributed by atoms with Crippen LogP contribution in [0.5, 0.6) is 46.0 Å². The molecule has 0 unspecified atom stereocenters. The molecule has 0 saturated heterocycles. The van der Waals surface area contributed by atoms with Crippen LogP contribution in [0.3, 0.4) is 0 Å². The molecule has 0 amide bonds. The Labute approximate surface area is 143 Å². The number of phenolic OH excluding ortho intramolecular Hbond substituents is 8. The number of fused-ring (bicyclic) bond motifs is 2. The molecule has 0 spiro atoms. The number of hydrogen-bond acceptors (Lipinski definition) is 10. The molecule has 26 heavy (non-hydrogen) atoms. The van der Waals surface area contributed by atoms with Gasteiger partial charge in [-0.1, -0.05) is 0 Å². The van der Waals surface area contributed by atoms with E-state index in [-0.39, 0.29) is 0 Å². The van der Waals surface area contributed by atoms with Gasteiger partial charge in [-0.3, -0.25) is 4.55 Å². The standard InChI is InChI=1S/C14H10O11S/c15-2-1-3(16)8(17)5-4(2)9(18)6-7(10(5)19)12(21)14(26(23,24)25)13(22)11(6)20/h1,15-22H,(H,23,24,25). The first kappa shape index (κ1) is 17.3. The zero-order chi connectivity index (χ0) is 19.7. The smallest absolute Gasteiger partial charge is 0.302 e. The lowest BCUT2D eigenvalue weighted by Crippen LogP contribution is -2.00. The fourth-order valence-corrected chi connectivity index (χ4v) is 3.45. The van der Waals surface area contributed by atoms with Crippen LogP contribution in [0.1, 0.15) is 0 Å². The van der Waals surface area contributed by atoms with E-state index in [9.17, 15) is 49.3 Å². The van der Waals surface area contributed by atoms with Crippen LogP contribution in [-0.4, -0.2) is 53.8 Å². The van der Waals surface area contributed by atoms with Crippen molar-refractivity contribution >= 4 is 31.7 Å². The number of hydrogen-bond donors (Lipinski definition) is 9. The van der Waals surface area contributed by atoms with Crippen LogP contribution < -0.4 is 0 Å². The molecule has 0 aromatic heterocycles. The summed E-state index contributed by atoms with van der Waals surface area (Å²) >= 11 is 0. The highest BCUT2D eigenvalue weighted by Crippen LogP contribution is 2.58. The second kappa shape index (κ2) is 5.00. The third kappa shape index (κ3) is 1.99. The minimum Gasteiger partial charge on any atom is -0.507 e. The Morgan fingerprint density at radius 2 is 1.00 bits per heavy atom. The van der Waals surface area contributed by atoms with E-state index in [2.05, 4.69) is 0 Å². The predicted octanol–water partition coefficient (Wildman–Crippen LogP) is 0.884. The summed E-state index contributed by atoms with van der Waals surface area (Å²) in [6, 6.07) is 0.603. The molecule has 0 aliphatic heterocycles. The minimum atomic E-state index is -5.30. The summed E-state index contributed by atoms with van der Waals surface area (Å²) in [5.41, 5.74) is 0. The predicted molar refractivity (Wildman–Crippen MR) is 84.6 cm³/mol. The first-order valence-corrected chi connectivity index (χ1v) is 8.03. The maximum absolute atomic E-state index is 11.4. The summed E-state index contributed by atoms with van der Waals surface area (Å²) < 4.78 is 31.8. The summed E-state index contributed by atoms with van der Waals surface area (Å²) in [5, 5.41) is 76.5.